The number of alkyl halides is 3. The lowest BCUT2D eigenvalue weighted by Crippen LogP contribution is -2.36. The van der Waals surface area contributed by atoms with Crippen molar-refractivity contribution < 1.29 is 18.0 Å². The summed E-state index contributed by atoms with van der Waals surface area (Å²) in [4.78, 5) is 12.0. The molecule has 0 atom stereocenters. The largest absolute Gasteiger partial charge is 0.417 e. The van der Waals surface area contributed by atoms with Gasteiger partial charge in [-0.05, 0) is 50.0 Å². The summed E-state index contributed by atoms with van der Waals surface area (Å²) in [6, 6.07) is 3.57. The van der Waals surface area contributed by atoms with Gasteiger partial charge in [0.2, 0.25) is 0 Å². The van der Waals surface area contributed by atoms with Gasteiger partial charge in [-0.2, -0.15) is 13.2 Å². The molecule has 1 aromatic carbocycles. The smallest absolute Gasteiger partial charge is 0.352 e. The fraction of sp³-hybridized carbons (Fsp3) is 0.500. The number of hydrogen-bond donors (Lipinski definition) is 2. The van der Waals surface area contributed by atoms with E-state index in [0.717, 1.165) is 32.0 Å². The molecule has 7 heteroatoms. The number of amides is 1. The summed E-state index contributed by atoms with van der Waals surface area (Å²) >= 11 is 3.00. The molecule has 116 valence electrons. The minimum absolute atomic E-state index is 0.296. The van der Waals surface area contributed by atoms with E-state index in [-0.39, 0.29) is 5.56 Å². The third-order valence-corrected chi connectivity index (χ3v) is 4.03. The van der Waals surface area contributed by atoms with Crippen LogP contribution < -0.4 is 10.6 Å². The quantitative estimate of drug-likeness (QED) is 0.864. The van der Waals surface area contributed by atoms with Gasteiger partial charge in [-0.15, -0.1) is 0 Å². The molecule has 21 heavy (non-hydrogen) atoms. The first-order valence-corrected chi connectivity index (χ1v) is 7.53. The van der Waals surface area contributed by atoms with E-state index in [1.807, 2.05) is 0 Å². The second-order valence-corrected chi connectivity index (χ2v) is 6.01. The Morgan fingerprint density at radius 2 is 2.00 bits per heavy atom. The van der Waals surface area contributed by atoms with Gasteiger partial charge in [-0.25, -0.2) is 0 Å². The molecule has 0 unspecified atom stereocenters. The number of carbonyl (C=O) groups is 1. The van der Waals surface area contributed by atoms with Gasteiger partial charge in [0.1, 0.15) is 0 Å². The third-order valence-electron chi connectivity index (χ3n) is 3.54. The molecule has 1 heterocycles. The molecule has 0 aromatic heterocycles. The molecule has 1 saturated heterocycles. The maximum atomic E-state index is 13.0. The van der Waals surface area contributed by atoms with E-state index < -0.39 is 17.6 Å². The van der Waals surface area contributed by atoms with Gasteiger partial charge in [0.15, 0.2) is 0 Å². The highest BCUT2D eigenvalue weighted by molar-refractivity contribution is 9.10. The summed E-state index contributed by atoms with van der Waals surface area (Å²) in [6.45, 7) is 2.17. The van der Waals surface area contributed by atoms with Crippen molar-refractivity contribution >= 4 is 21.8 Å². The molecule has 3 nitrogen and oxygen atoms in total. The van der Waals surface area contributed by atoms with Crippen LogP contribution in [0.15, 0.2) is 22.7 Å². The van der Waals surface area contributed by atoms with Crippen LogP contribution in [0.1, 0.15) is 28.8 Å². The highest BCUT2D eigenvalue weighted by Gasteiger charge is 2.35. The Morgan fingerprint density at radius 1 is 1.33 bits per heavy atom. The van der Waals surface area contributed by atoms with E-state index in [1.165, 1.54) is 12.1 Å². The summed E-state index contributed by atoms with van der Waals surface area (Å²) in [6.07, 6.45) is -2.70. The van der Waals surface area contributed by atoms with Gasteiger partial charge in [0.25, 0.3) is 5.91 Å². The van der Waals surface area contributed by atoms with Crippen LogP contribution in [-0.2, 0) is 6.18 Å². The summed E-state index contributed by atoms with van der Waals surface area (Å²) in [7, 11) is 0. The number of benzene rings is 1. The van der Waals surface area contributed by atoms with Crippen molar-refractivity contribution in [3.05, 3.63) is 33.8 Å². The maximum Gasteiger partial charge on any atom is 0.417 e. The highest BCUT2D eigenvalue weighted by atomic mass is 79.9. The van der Waals surface area contributed by atoms with Crippen LogP contribution in [0.4, 0.5) is 13.2 Å². The van der Waals surface area contributed by atoms with Crippen molar-refractivity contribution in [2.45, 2.75) is 19.0 Å². The molecule has 0 spiro atoms. The topological polar surface area (TPSA) is 41.1 Å². The number of halogens is 4. The summed E-state index contributed by atoms with van der Waals surface area (Å²) < 4.78 is 39.2. The van der Waals surface area contributed by atoms with E-state index in [1.54, 1.807) is 0 Å². The normalized spacial score (nSPS) is 16.8. The van der Waals surface area contributed by atoms with Gasteiger partial charge in [0, 0.05) is 11.0 Å². The zero-order valence-corrected chi connectivity index (χ0v) is 12.9. The first kappa shape index (κ1) is 16.3. The molecule has 0 radical (unpaired) electrons. The Morgan fingerprint density at radius 3 is 2.62 bits per heavy atom. The molecule has 0 aliphatic carbocycles. The molecule has 2 N–H and O–H groups in total. The van der Waals surface area contributed by atoms with E-state index >= 15 is 0 Å². The van der Waals surface area contributed by atoms with Crippen molar-refractivity contribution in [3.63, 3.8) is 0 Å². The maximum absolute atomic E-state index is 13.0. The average molecular weight is 365 g/mol. The van der Waals surface area contributed by atoms with E-state index in [0.29, 0.717) is 16.9 Å². The number of rotatable bonds is 3. The Labute approximate surface area is 129 Å². The summed E-state index contributed by atoms with van der Waals surface area (Å²) in [5.74, 6) is -0.353. The van der Waals surface area contributed by atoms with Gasteiger partial charge in [-0.3, -0.25) is 4.79 Å². The van der Waals surface area contributed by atoms with Crippen molar-refractivity contribution in [3.8, 4) is 0 Å². The summed E-state index contributed by atoms with van der Waals surface area (Å²) in [5, 5.41) is 5.82. The van der Waals surface area contributed by atoms with E-state index in [2.05, 4.69) is 26.6 Å². The Balaban J connectivity index is 2.08. The number of piperidine rings is 1. The zero-order chi connectivity index (χ0) is 15.5. The Bertz CT molecular complexity index is 513. The van der Waals surface area contributed by atoms with Gasteiger partial charge in [0.05, 0.1) is 11.1 Å². The second-order valence-electron chi connectivity index (χ2n) is 5.09. The first-order valence-electron chi connectivity index (χ1n) is 6.73. The Hall–Kier alpha value is -1.08. The minimum atomic E-state index is -4.55. The minimum Gasteiger partial charge on any atom is -0.352 e. The van der Waals surface area contributed by atoms with Crippen molar-refractivity contribution in [2.75, 3.05) is 19.6 Å². The fourth-order valence-electron chi connectivity index (χ4n) is 2.37. The number of carbonyl (C=O) groups excluding carboxylic acids is 1. The standard InChI is InChI=1S/C14H16BrF3N2O/c15-10-1-2-11(12(7-10)14(16,17)18)13(21)20-8-9-3-5-19-6-4-9/h1-2,7,9,19H,3-6,8H2,(H,20,21). The molecule has 2 rings (SSSR count). The molecule has 0 saturated carbocycles. The molecule has 1 aliphatic heterocycles. The third kappa shape index (κ3) is 4.44. The van der Waals surface area contributed by atoms with E-state index in [4.69, 9.17) is 0 Å². The van der Waals surface area contributed by atoms with E-state index in [9.17, 15) is 18.0 Å². The van der Waals surface area contributed by atoms with Crippen LogP contribution in [0.25, 0.3) is 0 Å². The zero-order valence-electron chi connectivity index (χ0n) is 11.3. The predicted molar refractivity (Wildman–Crippen MR) is 77.1 cm³/mol. The fourth-order valence-corrected chi connectivity index (χ4v) is 2.73. The van der Waals surface area contributed by atoms with Crippen LogP contribution in [0.3, 0.4) is 0 Å². The van der Waals surface area contributed by atoms with Crippen LogP contribution in [0.2, 0.25) is 0 Å². The monoisotopic (exact) mass is 364 g/mol. The van der Waals surface area contributed by atoms with Crippen LogP contribution in [0.5, 0.6) is 0 Å². The van der Waals surface area contributed by atoms with Crippen LogP contribution in [-0.4, -0.2) is 25.5 Å². The van der Waals surface area contributed by atoms with Crippen molar-refractivity contribution in [1.29, 1.82) is 0 Å². The highest BCUT2D eigenvalue weighted by Crippen LogP contribution is 2.33. The van der Waals surface area contributed by atoms with Gasteiger partial charge < -0.3 is 10.6 Å². The SMILES string of the molecule is O=C(NCC1CCNCC1)c1ccc(Br)cc1C(F)(F)F. The van der Waals surface area contributed by atoms with Crippen molar-refractivity contribution in [1.82, 2.24) is 10.6 Å². The molecule has 1 aliphatic rings. The Kier molecular flexibility index (Phi) is 5.27. The molecule has 1 fully saturated rings. The average Bonchev–Trinajstić information content (AvgIpc) is 2.45. The lowest BCUT2D eigenvalue weighted by Gasteiger charge is -2.23. The summed E-state index contributed by atoms with van der Waals surface area (Å²) in [5.41, 5.74) is -1.25. The van der Waals surface area contributed by atoms with Gasteiger partial charge in [-0.1, -0.05) is 15.9 Å². The number of nitrogens with one attached hydrogen (secondary N) is 2. The van der Waals surface area contributed by atoms with Crippen LogP contribution in [0, 0.1) is 5.92 Å². The molecular formula is C14H16BrF3N2O. The first-order chi connectivity index (χ1) is 9.88. The predicted octanol–water partition coefficient (Wildman–Crippen LogP) is 3.20. The van der Waals surface area contributed by atoms with Crippen LogP contribution >= 0.6 is 15.9 Å². The lowest BCUT2D eigenvalue weighted by molar-refractivity contribution is -0.138. The molecule has 1 aromatic rings. The molecule has 0 bridgehead atoms. The van der Waals surface area contributed by atoms with Gasteiger partial charge >= 0.3 is 6.18 Å². The second kappa shape index (κ2) is 6.79. The molecular weight excluding hydrogens is 349 g/mol. The number of hydrogen-bond acceptors (Lipinski definition) is 2. The van der Waals surface area contributed by atoms with Crippen molar-refractivity contribution in [2.24, 2.45) is 5.92 Å². The molecule has 1 amide bonds. The lowest BCUT2D eigenvalue weighted by atomic mass is 9.98.